The van der Waals surface area contributed by atoms with Gasteiger partial charge in [0.15, 0.2) is 23.0 Å². The summed E-state index contributed by atoms with van der Waals surface area (Å²) in [6, 6.07) is 30.4. The Bertz CT molecular complexity index is 1570. The molecule has 4 aromatic carbocycles. The number of hydrogen-bond acceptors (Lipinski definition) is 12. The van der Waals surface area contributed by atoms with Crippen molar-refractivity contribution in [2.75, 3.05) is 108 Å². The minimum Gasteiger partial charge on any atom is -0.496 e. The molecule has 0 fully saturated rings. The Kier molecular flexibility index (Phi) is 17.5. The van der Waals surface area contributed by atoms with E-state index >= 15 is 0 Å². The van der Waals surface area contributed by atoms with Crippen LogP contribution in [0.2, 0.25) is 0 Å². The van der Waals surface area contributed by atoms with Crippen molar-refractivity contribution in [1.29, 1.82) is 0 Å². The van der Waals surface area contributed by atoms with Crippen LogP contribution in [0.3, 0.4) is 0 Å². The van der Waals surface area contributed by atoms with Crippen molar-refractivity contribution in [3.63, 3.8) is 0 Å². The minimum absolute atomic E-state index is 0.227. The zero-order chi connectivity index (χ0) is 39.2. The SMILES string of the molecule is COc1ccccc1/C1=C(\c2ccccc2OC)OCCOCCOCCO/C(c2ccccc2OC)=C(\c2ccccc2OC)OCCOCCOCCO1. The molecule has 0 saturated carbocycles. The number of hydrogen-bond donors (Lipinski definition) is 0. The zero-order valence-electron chi connectivity index (χ0n) is 32.6. The highest BCUT2D eigenvalue weighted by Gasteiger charge is 2.23. The quantitative estimate of drug-likeness (QED) is 0.180. The van der Waals surface area contributed by atoms with Gasteiger partial charge in [-0.05, 0) is 48.5 Å². The fraction of sp³-hybridized carbons (Fsp3) is 0.364. The van der Waals surface area contributed by atoms with Crippen molar-refractivity contribution >= 4 is 23.0 Å². The fourth-order valence-electron chi connectivity index (χ4n) is 5.85. The van der Waals surface area contributed by atoms with E-state index in [2.05, 4.69) is 0 Å². The second-order valence-corrected chi connectivity index (χ2v) is 12.0. The molecule has 1 aliphatic heterocycles. The summed E-state index contributed by atoms with van der Waals surface area (Å²) < 4.78 is 72.4. The lowest BCUT2D eigenvalue weighted by Crippen LogP contribution is -2.15. The highest BCUT2D eigenvalue weighted by molar-refractivity contribution is 5.88. The van der Waals surface area contributed by atoms with Crippen LogP contribution >= 0.6 is 0 Å². The molecule has 0 amide bonds. The third-order valence-electron chi connectivity index (χ3n) is 8.46. The fourth-order valence-corrected chi connectivity index (χ4v) is 5.85. The molecule has 0 unspecified atom stereocenters. The second-order valence-electron chi connectivity index (χ2n) is 12.0. The van der Waals surface area contributed by atoms with Gasteiger partial charge in [-0.2, -0.15) is 0 Å². The van der Waals surface area contributed by atoms with Gasteiger partial charge < -0.3 is 56.8 Å². The third-order valence-corrected chi connectivity index (χ3v) is 8.46. The van der Waals surface area contributed by atoms with Gasteiger partial charge in [-0.25, -0.2) is 0 Å². The van der Waals surface area contributed by atoms with Crippen molar-refractivity contribution < 1.29 is 56.8 Å². The van der Waals surface area contributed by atoms with Crippen molar-refractivity contribution in [2.45, 2.75) is 0 Å². The Labute approximate surface area is 329 Å². The molecule has 4 aromatic rings. The monoisotopic (exact) mass is 772 g/mol. The predicted molar refractivity (Wildman–Crippen MR) is 213 cm³/mol. The molecule has 1 aliphatic rings. The van der Waals surface area contributed by atoms with Gasteiger partial charge in [0.25, 0.3) is 0 Å². The van der Waals surface area contributed by atoms with Gasteiger partial charge in [0.05, 0.1) is 104 Å². The molecule has 0 aromatic heterocycles. The van der Waals surface area contributed by atoms with E-state index in [1.807, 2.05) is 97.1 Å². The van der Waals surface area contributed by atoms with Crippen LogP contribution in [0.25, 0.3) is 23.0 Å². The summed E-state index contributed by atoms with van der Waals surface area (Å²) in [5.74, 6) is 4.42. The second kappa shape index (κ2) is 23.5. The first kappa shape index (κ1) is 41.8. The largest absolute Gasteiger partial charge is 0.496 e. The highest BCUT2D eigenvalue weighted by Crippen LogP contribution is 2.38. The molecule has 0 saturated heterocycles. The first-order valence-electron chi connectivity index (χ1n) is 18.5. The van der Waals surface area contributed by atoms with Gasteiger partial charge >= 0.3 is 0 Å². The lowest BCUT2D eigenvalue weighted by Gasteiger charge is -2.21. The molecular weight excluding hydrogens is 720 g/mol. The highest BCUT2D eigenvalue weighted by atomic mass is 16.6. The molecule has 0 N–H and O–H groups in total. The van der Waals surface area contributed by atoms with Crippen LogP contribution in [-0.4, -0.2) is 108 Å². The van der Waals surface area contributed by atoms with Crippen LogP contribution in [-0.2, 0) is 37.9 Å². The summed E-state index contributed by atoms with van der Waals surface area (Å²) in [5.41, 5.74) is 2.86. The molecule has 0 aliphatic carbocycles. The lowest BCUT2D eigenvalue weighted by atomic mass is 10.1. The topological polar surface area (TPSA) is 111 Å². The number of methoxy groups -OCH3 is 4. The van der Waals surface area contributed by atoms with Crippen molar-refractivity contribution in [3.8, 4) is 23.0 Å². The minimum atomic E-state index is 0.227. The summed E-state index contributed by atoms with van der Waals surface area (Å²) in [6.45, 7) is 3.45. The van der Waals surface area contributed by atoms with Crippen LogP contribution in [0.15, 0.2) is 97.1 Å². The first-order valence-corrected chi connectivity index (χ1v) is 18.5. The average molecular weight is 773 g/mol. The van der Waals surface area contributed by atoms with Crippen LogP contribution in [0, 0.1) is 0 Å². The van der Waals surface area contributed by atoms with Gasteiger partial charge in [0.2, 0.25) is 0 Å². The molecule has 0 atom stereocenters. The maximum Gasteiger partial charge on any atom is 0.172 e. The van der Waals surface area contributed by atoms with E-state index in [1.54, 1.807) is 28.4 Å². The van der Waals surface area contributed by atoms with Crippen molar-refractivity contribution in [1.82, 2.24) is 0 Å². The smallest absolute Gasteiger partial charge is 0.172 e. The molecule has 0 spiro atoms. The van der Waals surface area contributed by atoms with Gasteiger partial charge in [-0.1, -0.05) is 48.5 Å². The zero-order valence-corrected chi connectivity index (χ0v) is 32.6. The molecule has 12 nitrogen and oxygen atoms in total. The Morgan fingerprint density at radius 3 is 0.696 bits per heavy atom. The number of para-hydroxylation sites is 4. The van der Waals surface area contributed by atoms with Crippen molar-refractivity contribution in [2.24, 2.45) is 0 Å². The summed E-state index contributed by atoms with van der Waals surface area (Å²) in [6.07, 6.45) is 0. The normalized spacial score (nSPS) is 18.8. The van der Waals surface area contributed by atoms with E-state index in [0.29, 0.717) is 121 Å². The van der Waals surface area contributed by atoms with Crippen LogP contribution in [0.5, 0.6) is 23.0 Å². The van der Waals surface area contributed by atoms with E-state index in [9.17, 15) is 0 Å². The van der Waals surface area contributed by atoms with E-state index < -0.39 is 0 Å². The van der Waals surface area contributed by atoms with Gasteiger partial charge in [0.1, 0.15) is 49.4 Å². The summed E-state index contributed by atoms with van der Waals surface area (Å²) in [7, 11) is 6.48. The maximum atomic E-state index is 6.45. The maximum absolute atomic E-state index is 6.45. The van der Waals surface area contributed by atoms with E-state index in [0.717, 1.165) is 0 Å². The number of rotatable bonds is 8. The molecule has 0 bridgehead atoms. The number of ether oxygens (including phenoxy) is 12. The van der Waals surface area contributed by atoms with Gasteiger partial charge in [-0.3, -0.25) is 0 Å². The summed E-state index contributed by atoms with van der Waals surface area (Å²) >= 11 is 0. The Balaban J connectivity index is 1.36. The van der Waals surface area contributed by atoms with E-state index in [-0.39, 0.29) is 26.4 Å². The molecule has 12 heteroatoms. The van der Waals surface area contributed by atoms with Gasteiger partial charge in [0, 0.05) is 0 Å². The Morgan fingerprint density at radius 2 is 0.482 bits per heavy atom. The lowest BCUT2D eigenvalue weighted by molar-refractivity contribution is 0.0176. The predicted octanol–water partition coefficient (Wildman–Crippen LogP) is 7.22. The Morgan fingerprint density at radius 1 is 0.286 bits per heavy atom. The van der Waals surface area contributed by atoms with E-state index in [4.69, 9.17) is 56.8 Å². The molecule has 300 valence electrons. The molecule has 56 heavy (non-hydrogen) atoms. The molecule has 0 radical (unpaired) electrons. The average Bonchev–Trinajstić information content (AvgIpc) is 3.25. The first-order chi connectivity index (χ1) is 27.7. The van der Waals surface area contributed by atoms with E-state index in [1.165, 1.54) is 0 Å². The summed E-state index contributed by atoms with van der Waals surface area (Å²) in [5, 5.41) is 0. The molecular formula is C44H52O12. The number of benzene rings is 4. The van der Waals surface area contributed by atoms with Crippen LogP contribution in [0.1, 0.15) is 22.3 Å². The summed E-state index contributed by atoms with van der Waals surface area (Å²) in [4.78, 5) is 0. The molecule has 5 rings (SSSR count). The van der Waals surface area contributed by atoms with Gasteiger partial charge in [-0.15, -0.1) is 0 Å². The van der Waals surface area contributed by atoms with Crippen molar-refractivity contribution in [3.05, 3.63) is 119 Å². The van der Waals surface area contributed by atoms with Crippen LogP contribution in [0.4, 0.5) is 0 Å². The standard InChI is InChI=1S/C44H52O12/c1-45-37-17-9-5-13-33(37)41-42(34-14-6-10-18-38(34)46-2)54-30-26-50-23-24-52-28-32-56-44(36-16-8-12-20-40(36)48-4)43(35-15-7-11-19-39(35)47-3)55-31-27-51-22-21-49-25-29-53-41/h5-20H,21-32H2,1-4H3/b42-41-,44-43+. The van der Waals surface area contributed by atoms with Crippen LogP contribution < -0.4 is 18.9 Å². The third kappa shape index (κ3) is 11.8. The molecule has 1 heterocycles. The Hall–Kier alpha value is -5.40.